The maximum atomic E-state index is 4.45. The molecule has 92 valence electrons. The normalized spacial score (nSPS) is 11.2. The molecule has 0 spiro atoms. The quantitative estimate of drug-likeness (QED) is 0.745. The summed E-state index contributed by atoms with van der Waals surface area (Å²) in [6, 6.07) is 3.95. The highest BCUT2D eigenvalue weighted by Crippen LogP contribution is 2.20. The smallest absolute Gasteiger partial charge is 0.154 e. The van der Waals surface area contributed by atoms with Crippen molar-refractivity contribution < 1.29 is 0 Å². The molecule has 0 aliphatic rings. The first kappa shape index (κ1) is 11.4. The second kappa shape index (κ2) is 4.53. The number of nitrogens with zero attached hydrogens (tertiary/aromatic N) is 5. The SMILES string of the molecule is Cn1ccnc1CCn1nc(Br)c2ncccc21. The van der Waals surface area contributed by atoms with Crippen molar-refractivity contribution in [1.82, 2.24) is 24.3 Å². The van der Waals surface area contributed by atoms with Crippen molar-refractivity contribution in [3.05, 3.63) is 41.2 Å². The number of pyridine rings is 1. The summed E-state index contributed by atoms with van der Waals surface area (Å²) in [6.07, 6.45) is 6.39. The zero-order chi connectivity index (χ0) is 12.5. The van der Waals surface area contributed by atoms with Gasteiger partial charge in [-0.1, -0.05) is 0 Å². The Morgan fingerprint density at radius 3 is 2.94 bits per heavy atom. The first-order chi connectivity index (χ1) is 8.75. The van der Waals surface area contributed by atoms with Crippen LogP contribution >= 0.6 is 15.9 Å². The van der Waals surface area contributed by atoms with E-state index in [1.807, 2.05) is 40.8 Å². The van der Waals surface area contributed by atoms with Gasteiger partial charge in [0.1, 0.15) is 11.3 Å². The van der Waals surface area contributed by atoms with Crippen molar-refractivity contribution in [2.75, 3.05) is 0 Å². The average Bonchev–Trinajstić information content (AvgIpc) is 2.92. The van der Waals surface area contributed by atoms with Gasteiger partial charge < -0.3 is 4.57 Å². The number of fused-ring (bicyclic) bond motifs is 1. The van der Waals surface area contributed by atoms with E-state index < -0.39 is 0 Å². The van der Waals surface area contributed by atoms with Crippen LogP contribution in [0.15, 0.2) is 35.3 Å². The summed E-state index contributed by atoms with van der Waals surface area (Å²) in [5.74, 6) is 1.05. The Kier molecular flexibility index (Phi) is 2.87. The minimum Gasteiger partial charge on any atom is -0.338 e. The maximum Gasteiger partial charge on any atom is 0.154 e. The van der Waals surface area contributed by atoms with Gasteiger partial charge in [0.15, 0.2) is 4.60 Å². The third-order valence-electron chi connectivity index (χ3n) is 2.94. The van der Waals surface area contributed by atoms with Crippen molar-refractivity contribution in [2.45, 2.75) is 13.0 Å². The first-order valence-corrected chi connectivity index (χ1v) is 6.48. The summed E-state index contributed by atoms with van der Waals surface area (Å²) in [6.45, 7) is 0.790. The third kappa shape index (κ3) is 1.92. The van der Waals surface area contributed by atoms with Gasteiger partial charge in [0.25, 0.3) is 0 Å². The van der Waals surface area contributed by atoms with Gasteiger partial charge in [0, 0.05) is 38.6 Å². The molecule has 0 radical (unpaired) electrons. The predicted molar refractivity (Wildman–Crippen MR) is 72.1 cm³/mol. The van der Waals surface area contributed by atoms with Crippen LogP contribution < -0.4 is 0 Å². The molecule has 0 aliphatic heterocycles. The second-order valence-corrected chi connectivity index (χ2v) is 4.84. The molecule has 0 saturated heterocycles. The Bertz CT molecular complexity index is 685. The lowest BCUT2D eigenvalue weighted by Crippen LogP contribution is -2.06. The Morgan fingerprint density at radius 1 is 1.28 bits per heavy atom. The lowest BCUT2D eigenvalue weighted by molar-refractivity contribution is 0.603. The summed E-state index contributed by atoms with van der Waals surface area (Å²) in [5, 5.41) is 4.45. The van der Waals surface area contributed by atoms with Gasteiger partial charge >= 0.3 is 0 Å². The zero-order valence-corrected chi connectivity index (χ0v) is 11.5. The summed E-state index contributed by atoms with van der Waals surface area (Å²) < 4.78 is 4.78. The van der Waals surface area contributed by atoms with E-state index in [4.69, 9.17) is 0 Å². The minimum atomic E-state index is 0.790. The molecule has 3 heterocycles. The Balaban J connectivity index is 1.89. The predicted octanol–water partition coefficient (Wildman–Crippen LogP) is 2.17. The Labute approximate surface area is 113 Å². The molecule has 6 heteroatoms. The van der Waals surface area contributed by atoms with E-state index in [1.165, 1.54) is 0 Å². The molecule has 0 bridgehead atoms. The number of hydrogen-bond donors (Lipinski definition) is 0. The fourth-order valence-electron chi connectivity index (χ4n) is 1.98. The molecule has 0 saturated carbocycles. The monoisotopic (exact) mass is 305 g/mol. The molecule has 0 aromatic carbocycles. The van der Waals surface area contributed by atoms with E-state index in [0.717, 1.165) is 34.4 Å². The number of imidazole rings is 1. The summed E-state index contributed by atoms with van der Waals surface area (Å²) in [5.41, 5.74) is 1.94. The molecule has 18 heavy (non-hydrogen) atoms. The van der Waals surface area contributed by atoms with E-state index in [0.29, 0.717) is 0 Å². The van der Waals surface area contributed by atoms with Crippen molar-refractivity contribution in [3.8, 4) is 0 Å². The number of aromatic nitrogens is 5. The highest BCUT2D eigenvalue weighted by Gasteiger charge is 2.09. The van der Waals surface area contributed by atoms with Crippen molar-refractivity contribution >= 4 is 27.0 Å². The molecule has 0 aliphatic carbocycles. The fraction of sp³-hybridized carbons (Fsp3) is 0.250. The molecule has 0 amide bonds. The van der Waals surface area contributed by atoms with Gasteiger partial charge in [-0.15, -0.1) is 0 Å². The highest BCUT2D eigenvalue weighted by molar-refractivity contribution is 9.10. The largest absolute Gasteiger partial charge is 0.338 e. The maximum absolute atomic E-state index is 4.45. The van der Waals surface area contributed by atoms with Crippen LogP contribution in [0.25, 0.3) is 11.0 Å². The van der Waals surface area contributed by atoms with Gasteiger partial charge in [-0.2, -0.15) is 5.10 Å². The number of hydrogen-bond acceptors (Lipinski definition) is 3. The molecule has 5 nitrogen and oxygen atoms in total. The van der Waals surface area contributed by atoms with Gasteiger partial charge in [0.05, 0.1) is 5.52 Å². The lowest BCUT2D eigenvalue weighted by atomic mass is 10.3. The fourth-order valence-corrected chi connectivity index (χ4v) is 2.48. The van der Waals surface area contributed by atoms with Gasteiger partial charge in [-0.25, -0.2) is 4.98 Å². The average molecular weight is 306 g/mol. The molecular weight excluding hydrogens is 294 g/mol. The van der Waals surface area contributed by atoms with Gasteiger partial charge in [-0.3, -0.25) is 9.67 Å². The third-order valence-corrected chi connectivity index (χ3v) is 3.47. The molecule has 3 rings (SSSR count). The second-order valence-electron chi connectivity index (χ2n) is 4.09. The number of aryl methyl sites for hydroxylation is 3. The van der Waals surface area contributed by atoms with Crippen LogP contribution in [-0.4, -0.2) is 24.3 Å². The van der Waals surface area contributed by atoms with Crippen molar-refractivity contribution in [2.24, 2.45) is 7.05 Å². The van der Waals surface area contributed by atoms with E-state index >= 15 is 0 Å². The number of rotatable bonds is 3. The minimum absolute atomic E-state index is 0.790. The summed E-state index contributed by atoms with van der Waals surface area (Å²) >= 11 is 3.44. The molecule has 3 aromatic rings. The van der Waals surface area contributed by atoms with Gasteiger partial charge in [0.2, 0.25) is 0 Å². The molecule has 3 aromatic heterocycles. The highest BCUT2D eigenvalue weighted by atomic mass is 79.9. The van der Waals surface area contributed by atoms with Crippen LogP contribution in [0.4, 0.5) is 0 Å². The van der Waals surface area contributed by atoms with E-state index in [-0.39, 0.29) is 0 Å². The van der Waals surface area contributed by atoms with Crippen molar-refractivity contribution in [1.29, 1.82) is 0 Å². The molecule has 0 atom stereocenters. The zero-order valence-electron chi connectivity index (χ0n) is 9.91. The molecule has 0 N–H and O–H groups in total. The van der Waals surface area contributed by atoms with Crippen LogP contribution in [-0.2, 0) is 20.0 Å². The topological polar surface area (TPSA) is 48.5 Å². The molecule has 0 unspecified atom stereocenters. The van der Waals surface area contributed by atoms with Crippen LogP contribution in [0.5, 0.6) is 0 Å². The Hall–Kier alpha value is -1.69. The van der Waals surface area contributed by atoms with Crippen molar-refractivity contribution in [3.63, 3.8) is 0 Å². The van der Waals surface area contributed by atoms with Crippen LogP contribution in [0, 0.1) is 0 Å². The summed E-state index contributed by atoms with van der Waals surface area (Å²) in [7, 11) is 2.00. The standard InChI is InChI=1S/C12H12BrN5/c1-17-8-6-14-10(17)4-7-18-9-3-2-5-15-11(9)12(13)16-18/h2-3,5-6,8H,4,7H2,1H3. The van der Waals surface area contributed by atoms with E-state index in [9.17, 15) is 0 Å². The summed E-state index contributed by atoms with van der Waals surface area (Å²) in [4.78, 5) is 8.63. The lowest BCUT2D eigenvalue weighted by Gasteiger charge is -2.03. The first-order valence-electron chi connectivity index (χ1n) is 5.69. The van der Waals surface area contributed by atoms with Crippen LogP contribution in [0.1, 0.15) is 5.82 Å². The van der Waals surface area contributed by atoms with E-state index in [2.05, 4.69) is 31.0 Å². The molecule has 0 fully saturated rings. The van der Waals surface area contributed by atoms with E-state index in [1.54, 1.807) is 6.20 Å². The van der Waals surface area contributed by atoms with Crippen LogP contribution in [0.3, 0.4) is 0 Å². The number of halogens is 1. The van der Waals surface area contributed by atoms with Crippen LogP contribution in [0.2, 0.25) is 0 Å². The molecular formula is C12H12BrN5. The Morgan fingerprint density at radius 2 is 2.17 bits per heavy atom. The van der Waals surface area contributed by atoms with Gasteiger partial charge in [-0.05, 0) is 28.1 Å².